The minimum atomic E-state index is -0.180. The van der Waals surface area contributed by atoms with E-state index in [9.17, 15) is 4.79 Å². The van der Waals surface area contributed by atoms with Crippen LogP contribution in [0.3, 0.4) is 0 Å². The van der Waals surface area contributed by atoms with Crippen LogP contribution in [0.2, 0.25) is 0 Å². The van der Waals surface area contributed by atoms with Crippen molar-refractivity contribution in [3.8, 4) is 28.8 Å². The molecule has 12 nitrogen and oxygen atoms in total. The number of hydrogen-bond acceptors (Lipinski definition) is 9. The minimum absolute atomic E-state index is 0.114. The molecule has 202 valence electrons. The first-order chi connectivity index (χ1) is 20.1. The van der Waals surface area contributed by atoms with Crippen LogP contribution in [0.15, 0.2) is 79.4 Å². The summed E-state index contributed by atoms with van der Waals surface area (Å²) in [5.41, 5.74) is 11.9. The topological polar surface area (TPSA) is 152 Å². The fourth-order valence-electron chi connectivity index (χ4n) is 5.19. The zero-order chi connectivity index (χ0) is 27.9. The third kappa shape index (κ3) is 4.31. The largest absolute Gasteiger partial charge is 0.481 e. The summed E-state index contributed by atoms with van der Waals surface area (Å²) in [5, 5.41) is 11.6. The fraction of sp³-hybridized carbons (Fsp3) is 0.138. The predicted octanol–water partition coefficient (Wildman–Crippen LogP) is 3.47. The molecule has 0 bridgehead atoms. The van der Waals surface area contributed by atoms with E-state index in [2.05, 4.69) is 37.6 Å². The van der Waals surface area contributed by atoms with Gasteiger partial charge in [-0.2, -0.15) is 10.2 Å². The fourth-order valence-corrected chi connectivity index (χ4v) is 5.19. The molecule has 12 heteroatoms. The van der Waals surface area contributed by atoms with Crippen molar-refractivity contribution in [2.24, 2.45) is 0 Å². The minimum Gasteiger partial charge on any atom is -0.481 e. The number of nitrogens with one attached hydrogen (secondary N) is 1. The normalized spacial score (nSPS) is 14.2. The summed E-state index contributed by atoms with van der Waals surface area (Å²) in [4.78, 5) is 32.6. The van der Waals surface area contributed by atoms with Crippen molar-refractivity contribution in [2.75, 3.05) is 12.8 Å². The van der Waals surface area contributed by atoms with E-state index in [1.54, 1.807) is 37.8 Å². The number of benzene rings is 1. The van der Waals surface area contributed by atoms with Crippen LogP contribution in [0.4, 0.5) is 5.82 Å². The lowest BCUT2D eigenvalue weighted by molar-refractivity contribution is 0.0936. The van der Waals surface area contributed by atoms with Gasteiger partial charge in [0.25, 0.3) is 5.91 Å². The lowest BCUT2D eigenvalue weighted by atomic mass is 10.1. The molecule has 1 atom stereocenters. The van der Waals surface area contributed by atoms with Crippen LogP contribution < -0.4 is 15.8 Å². The summed E-state index contributed by atoms with van der Waals surface area (Å²) >= 11 is 0. The number of hydrogen-bond donors (Lipinski definition) is 2. The molecular formula is C29H24N10O2. The number of carbonyl (C=O) groups excluding carboxylic acids is 1. The molecule has 5 heterocycles. The van der Waals surface area contributed by atoms with Crippen LogP contribution in [0.5, 0.6) is 5.88 Å². The zero-order valence-electron chi connectivity index (χ0n) is 22.0. The Hall–Kier alpha value is -5.65. The van der Waals surface area contributed by atoms with Gasteiger partial charge in [0.1, 0.15) is 11.3 Å². The Bertz CT molecular complexity index is 1900. The molecule has 5 aromatic heterocycles. The van der Waals surface area contributed by atoms with Crippen LogP contribution in [0.1, 0.15) is 33.9 Å². The van der Waals surface area contributed by atoms with Crippen molar-refractivity contribution in [3.05, 3.63) is 96.1 Å². The van der Waals surface area contributed by atoms with E-state index < -0.39 is 0 Å². The summed E-state index contributed by atoms with van der Waals surface area (Å²) in [5.74, 6) is 1.84. The number of nitrogens with two attached hydrogens (primary N) is 1. The highest BCUT2D eigenvalue weighted by Gasteiger charge is 2.26. The van der Waals surface area contributed by atoms with Gasteiger partial charge in [0.05, 0.1) is 36.7 Å². The highest BCUT2D eigenvalue weighted by Crippen LogP contribution is 2.36. The number of aromatic nitrogens is 8. The van der Waals surface area contributed by atoms with E-state index in [1.165, 1.54) is 11.0 Å². The maximum atomic E-state index is 12.9. The maximum Gasteiger partial charge on any atom is 0.253 e. The van der Waals surface area contributed by atoms with Crippen LogP contribution >= 0.6 is 0 Å². The Balaban J connectivity index is 1.28. The Morgan fingerprint density at radius 3 is 2.68 bits per heavy atom. The highest BCUT2D eigenvalue weighted by molar-refractivity contribution is 5.94. The summed E-state index contributed by atoms with van der Waals surface area (Å²) < 4.78 is 7.07. The second kappa shape index (κ2) is 9.83. The Kier molecular flexibility index (Phi) is 5.85. The van der Waals surface area contributed by atoms with Crippen molar-refractivity contribution in [1.82, 2.24) is 44.8 Å². The third-order valence-electron chi connectivity index (χ3n) is 7.17. The zero-order valence-corrected chi connectivity index (χ0v) is 22.0. The van der Waals surface area contributed by atoms with Gasteiger partial charge in [0.15, 0.2) is 17.3 Å². The molecular weight excluding hydrogens is 520 g/mol. The number of nitrogens with zero attached hydrogens (tertiary/aromatic N) is 8. The van der Waals surface area contributed by atoms with Crippen LogP contribution in [0, 0.1) is 0 Å². The lowest BCUT2D eigenvalue weighted by Gasteiger charge is -2.16. The molecule has 6 aromatic rings. The van der Waals surface area contributed by atoms with E-state index in [0.29, 0.717) is 45.6 Å². The number of ether oxygens (including phenoxy) is 1. The Labute approximate surface area is 233 Å². The number of imidazole rings is 1. The number of nitrogen functional groups attached to an aromatic ring is 1. The Morgan fingerprint density at radius 2 is 1.90 bits per heavy atom. The van der Waals surface area contributed by atoms with Gasteiger partial charge >= 0.3 is 0 Å². The van der Waals surface area contributed by atoms with Gasteiger partial charge in [-0.25, -0.2) is 19.9 Å². The maximum absolute atomic E-state index is 12.9. The monoisotopic (exact) mass is 544 g/mol. The van der Waals surface area contributed by atoms with Crippen molar-refractivity contribution in [3.63, 3.8) is 0 Å². The lowest BCUT2D eigenvalue weighted by Crippen LogP contribution is -2.27. The second-order valence-corrected chi connectivity index (χ2v) is 9.57. The molecule has 1 aliphatic carbocycles. The predicted molar refractivity (Wildman–Crippen MR) is 151 cm³/mol. The van der Waals surface area contributed by atoms with Gasteiger partial charge in [-0.1, -0.05) is 6.07 Å². The van der Waals surface area contributed by atoms with Gasteiger partial charge in [0.2, 0.25) is 5.88 Å². The molecule has 0 spiro atoms. The van der Waals surface area contributed by atoms with Gasteiger partial charge < -0.3 is 15.8 Å². The average molecular weight is 545 g/mol. The van der Waals surface area contributed by atoms with Crippen LogP contribution in [0.25, 0.3) is 34.1 Å². The molecule has 1 aliphatic rings. The number of amides is 1. The van der Waals surface area contributed by atoms with Crippen molar-refractivity contribution >= 4 is 22.9 Å². The van der Waals surface area contributed by atoms with Crippen LogP contribution in [-0.2, 0) is 6.42 Å². The van der Waals surface area contributed by atoms with E-state index in [1.807, 2.05) is 34.9 Å². The van der Waals surface area contributed by atoms with Crippen molar-refractivity contribution < 1.29 is 9.53 Å². The van der Waals surface area contributed by atoms with Gasteiger partial charge in [0, 0.05) is 24.1 Å². The molecule has 0 unspecified atom stereocenters. The molecule has 0 saturated carbocycles. The van der Waals surface area contributed by atoms with Crippen molar-refractivity contribution in [1.29, 1.82) is 0 Å². The quantitative estimate of drug-likeness (QED) is 0.321. The molecule has 41 heavy (non-hydrogen) atoms. The molecule has 0 fully saturated rings. The van der Waals surface area contributed by atoms with E-state index in [-0.39, 0.29) is 11.9 Å². The first-order valence-electron chi connectivity index (χ1n) is 13.0. The molecule has 7 rings (SSSR count). The smallest absolute Gasteiger partial charge is 0.253 e. The molecule has 3 N–H and O–H groups in total. The molecule has 0 saturated heterocycles. The van der Waals surface area contributed by atoms with E-state index >= 15 is 0 Å². The van der Waals surface area contributed by atoms with Gasteiger partial charge in [-0.15, -0.1) is 4.80 Å². The molecule has 0 aliphatic heterocycles. The van der Waals surface area contributed by atoms with E-state index in [4.69, 9.17) is 20.4 Å². The molecule has 1 aromatic carbocycles. The number of aryl methyl sites for hydroxylation is 1. The number of pyridine rings is 3. The molecule has 1 amide bonds. The number of fused-ring (bicyclic) bond motifs is 2. The van der Waals surface area contributed by atoms with Crippen LogP contribution in [-0.4, -0.2) is 52.5 Å². The second-order valence-electron chi connectivity index (χ2n) is 9.57. The number of methoxy groups -OCH3 is 1. The summed E-state index contributed by atoms with van der Waals surface area (Å²) in [7, 11) is 1.54. The summed E-state index contributed by atoms with van der Waals surface area (Å²) in [6, 6.07) is 16.9. The molecule has 0 radical (unpaired) electrons. The SMILES string of the molecule is COc1ccc(C(=O)N[C@H]2CCc3cc(-n4c(-c5cccnc5N)nc5ccc(-n6nccn6)nc54)ccc32)cn1. The standard InChI is InChI=1S/C29H24N10O2/c1-41-25-11-5-18(16-32-25)29(40)36-22-8-4-17-15-19(6-7-20(17)22)38-27(21-3-2-12-31-26(21)30)35-23-9-10-24(37-28(23)38)39-33-13-14-34-39/h2-3,5-7,9-16,22H,4,8H2,1H3,(H2,30,31)(H,36,40)/t22-/m0/s1. The highest BCUT2D eigenvalue weighted by atomic mass is 16.5. The van der Waals surface area contributed by atoms with E-state index in [0.717, 1.165) is 29.7 Å². The number of rotatable bonds is 6. The first kappa shape index (κ1) is 24.4. The third-order valence-corrected chi connectivity index (χ3v) is 7.17. The van der Waals surface area contributed by atoms with Gasteiger partial charge in [-0.05, 0) is 66.4 Å². The van der Waals surface area contributed by atoms with Gasteiger partial charge in [-0.3, -0.25) is 9.36 Å². The number of anilines is 1. The van der Waals surface area contributed by atoms with Crippen molar-refractivity contribution in [2.45, 2.75) is 18.9 Å². The Morgan fingerprint density at radius 1 is 1.02 bits per heavy atom. The summed E-state index contributed by atoms with van der Waals surface area (Å²) in [6.07, 6.45) is 7.97. The average Bonchev–Trinajstić information content (AvgIpc) is 3.76. The first-order valence-corrected chi connectivity index (χ1v) is 13.0. The number of carbonyl (C=O) groups is 1. The summed E-state index contributed by atoms with van der Waals surface area (Å²) in [6.45, 7) is 0.